The van der Waals surface area contributed by atoms with Gasteiger partial charge in [-0.1, -0.05) is 6.92 Å². The van der Waals surface area contributed by atoms with E-state index in [0.29, 0.717) is 0 Å². The minimum Gasteiger partial charge on any atom is -0.382 e. The highest BCUT2D eigenvalue weighted by atomic mass is 32.2. The fraction of sp³-hybridized carbons (Fsp3) is 0.500. The van der Waals surface area contributed by atoms with Crippen LogP contribution in [0.15, 0.2) is 4.90 Å². The topological polar surface area (TPSA) is 148 Å². The van der Waals surface area contributed by atoms with Gasteiger partial charge in [0.2, 0.25) is 5.91 Å². The highest BCUT2D eigenvalue weighted by Gasteiger charge is 2.24. The van der Waals surface area contributed by atoms with E-state index >= 15 is 0 Å². The standard InChI is InChI=1S/C8H14N4O4S2/c1-2-18(15,16)5-6(9)12-17-8(5)11-3-4(13)7(10)14/h4,11,13H,2-3H2,1H3,(H2,9,12)(H2,10,14). The number of amides is 1. The van der Waals surface area contributed by atoms with Crippen molar-refractivity contribution >= 4 is 38.1 Å². The van der Waals surface area contributed by atoms with Crippen molar-refractivity contribution in [2.24, 2.45) is 5.73 Å². The Kier molecular flexibility index (Phi) is 4.48. The summed E-state index contributed by atoms with van der Waals surface area (Å²) in [7, 11) is -3.52. The van der Waals surface area contributed by atoms with E-state index in [1.165, 1.54) is 6.92 Å². The molecular formula is C8H14N4O4S2. The number of anilines is 2. The molecule has 1 atom stereocenters. The van der Waals surface area contributed by atoms with Crippen LogP contribution in [0.4, 0.5) is 10.8 Å². The number of aliphatic hydroxyl groups excluding tert-OH is 1. The van der Waals surface area contributed by atoms with E-state index in [1.54, 1.807) is 0 Å². The number of sulfone groups is 1. The largest absolute Gasteiger partial charge is 0.382 e. The van der Waals surface area contributed by atoms with Gasteiger partial charge in [0.15, 0.2) is 15.7 Å². The summed E-state index contributed by atoms with van der Waals surface area (Å²) >= 11 is 0.844. The van der Waals surface area contributed by atoms with E-state index in [0.717, 1.165) is 11.5 Å². The molecule has 18 heavy (non-hydrogen) atoms. The second-order valence-corrected chi connectivity index (χ2v) is 6.42. The summed E-state index contributed by atoms with van der Waals surface area (Å²) in [5, 5.41) is 12.0. The molecule has 1 aromatic heterocycles. The maximum atomic E-state index is 11.8. The zero-order chi connectivity index (χ0) is 13.9. The van der Waals surface area contributed by atoms with E-state index in [9.17, 15) is 18.3 Å². The van der Waals surface area contributed by atoms with Gasteiger partial charge in [-0.15, -0.1) is 0 Å². The number of nitrogen functional groups attached to an aromatic ring is 1. The molecule has 1 rings (SSSR count). The van der Waals surface area contributed by atoms with Gasteiger partial charge < -0.3 is 21.9 Å². The highest BCUT2D eigenvalue weighted by Crippen LogP contribution is 2.32. The van der Waals surface area contributed by atoms with Gasteiger partial charge >= 0.3 is 0 Å². The molecule has 0 saturated carbocycles. The average Bonchev–Trinajstić information content (AvgIpc) is 2.67. The Balaban J connectivity index is 2.95. The van der Waals surface area contributed by atoms with Gasteiger partial charge in [-0.2, -0.15) is 4.37 Å². The SMILES string of the molecule is CCS(=O)(=O)c1c(N)nsc1NCC(O)C(N)=O. The fourth-order valence-corrected chi connectivity index (χ4v) is 3.32. The van der Waals surface area contributed by atoms with Gasteiger partial charge in [-0.25, -0.2) is 8.42 Å². The number of nitrogens with one attached hydrogen (secondary N) is 1. The van der Waals surface area contributed by atoms with Crippen LogP contribution in [0.1, 0.15) is 6.92 Å². The summed E-state index contributed by atoms with van der Waals surface area (Å²) in [4.78, 5) is 10.5. The number of aliphatic hydroxyl groups is 1. The number of hydrogen-bond acceptors (Lipinski definition) is 8. The minimum atomic E-state index is -3.52. The molecule has 8 nitrogen and oxygen atoms in total. The van der Waals surface area contributed by atoms with Gasteiger partial charge in [-0.05, 0) is 11.5 Å². The Morgan fingerprint density at radius 3 is 2.72 bits per heavy atom. The Bertz CT molecular complexity index is 539. The second-order valence-electron chi connectivity index (χ2n) is 3.43. The van der Waals surface area contributed by atoms with Gasteiger partial charge in [-0.3, -0.25) is 4.79 Å². The molecule has 0 aliphatic rings. The Hall–Kier alpha value is -1.39. The lowest BCUT2D eigenvalue weighted by molar-refractivity contribution is -0.125. The maximum Gasteiger partial charge on any atom is 0.248 e. The molecule has 0 radical (unpaired) electrons. The molecule has 0 bridgehead atoms. The minimum absolute atomic E-state index is 0.0992. The number of hydrogen-bond donors (Lipinski definition) is 4. The normalized spacial score (nSPS) is 13.2. The molecule has 102 valence electrons. The monoisotopic (exact) mass is 294 g/mol. The van der Waals surface area contributed by atoms with Crippen molar-refractivity contribution in [1.29, 1.82) is 0 Å². The van der Waals surface area contributed by atoms with Gasteiger partial charge in [0.1, 0.15) is 16.0 Å². The first-order chi connectivity index (χ1) is 8.29. The number of carbonyl (C=O) groups excluding carboxylic acids is 1. The lowest BCUT2D eigenvalue weighted by atomic mass is 10.3. The first kappa shape index (κ1) is 14.7. The van der Waals surface area contributed by atoms with Crippen LogP contribution in [-0.4, -0.2) is 42.2 Å². The summed E-state index contributed by atoms with van der Waals surface area (Å²) in [6.45, 7) is 1.28. The zero-order valence-corrected chi connectivity index (χ0v) is 11.2. The molecule has 0 fully saturated rings. The number of aromatic nitrogens is 1. The fourth-order valence-electron chi connectivity index (χ4n) is 1.14. The molecule has 1 aromatic rings. The number of nitrogens with zero attached hydrogens (tertiary/aromatic N) is 1. The summed E-state index contributed by atoms with van der Waals surface area (Å²) in [5.41, 5.74) is 10.4. The van der Waals surface area contributed by atoms with Crippen LogP contribution in [0.5, 0.6) is 0 Å². The number of rotatable bonds is 6. The third-order valence-electron chi connectivity index (χ3n) is 2.15. The summed E-state index contributed by atoms with van der Waals surface area (Å²) in [6.07, 6.45) is -1.41. The molecule has 0 aliphatic carbocycles. The maximum absolute atomic E-state index is 11.8. The molecule has 10 heteroatoms. The molecule has 0 aromatic carbocycles. The van der Waals surface area contributed by atoms with Crippen molar-refractivity contribution in [1.82, 2.24) is 4.37 Å². The molecule has 1 amide bonds. The third kappa shape index (κ3) is 3.09. The molecule has 6 N–H and O–H groups in total. The van der Waals surface area contributed by atoms with Crippen LogP contribution in [0.2, 0.25) is 0 Å². The van der Waals surface area contributed by atoms with Crippen LogP contribution in [0.3, 0.4) is 0 Å². The van der Waals surface area contributed by atoms with E-state index in [2.05, 4.69) is 9.69 Å². The van der Waals surface area contributed by atoms with Crippen LogP contribution in [-0.2, 0) is 14.6 Å². The van der Waals surface area contributed by atoms with Crippen LogP contribution in [0.25, 0.3) is 0 Å². The number of nitrogens with two attached hydrogens (primary N) is 2. The first-order valence-corrected chi connectivity index (χ1v) is 7.41. The lowest BCUT2D eigenvalue weighted by Crippen LogP contribution is -2.34. The Labute approximate surface area is 108 Å². The smallest absolute Gasteiger partial charge is 0.248 e. The van der Waals surface area contributed by atoms with Crippen molar-refractivity contribution in [3.63, 3.8) is 0 Å². The van der Waals surface area contributed by atoms with E-state index < -0.39 is 21.8 Å². The van der Waals surface area contributed by atoms with Crippen molar-refractivity contribution in [3.05, 3.63) is 0 Å². The van der Waals surface area contributed by atoms with Crippen LogP contribution in [0, 0.1) is 0 Å². The summed E-state index contributed by atoms with van der Waals surface area (Å²) < 4.78 is 27.3. The quantitative estimate of drug-likeness (QED) is 0.513. The highest BCUT2D eigenvalue weighted by molar-refractivity contribution is 7.91. The van der Waals surface area contributed by atoms with Crippen LogP contribution < -0.4 is 16.8 Å². The molecular weight excluding hydrogens is 280 g/mol. The van der Waals surface area contributed by atoms with Crippen molar-refractivity contribution < 1.29 is 18.3 Å². The third-order valence-corrected chi connectivity index (χ3v) is 4.89. The Morgan fingerprint density at radius 2 is 2.22 bits per heavy atom. The van der Waals surface area contributed by atoms with Gasteiger partial charge in [0, 0.05) is 0 Å². The lowest BCUT2D eigenvalue weighted by Gasteiger charge is -2.09. The zero-order valence-electron chi connectivity index (χ0n) is 9.58. The van der Waals surface area contributed by atoms with Gasteiger partial charge in [0.05, 0.1) is 12.3 Å². The average molecular weight is 294 g/mol. The molecule has 0 saturated heterocycles. The van der Waals surface area contributed by atoms with E-state index in [4.69, 9.17) is 11.5 Å². The van der Waals surface area contributed by atoms with Gasteiger partial charge in [0.25, 0.3) is 0 Å². The molecule has 1 unspecified atom stereocenters. The first-order valence-electron chi connectivity index (χ1n) is 4.98. The van der Waals surface area contributed by atoms with Crippen molar-refractivity contribution in [3.8, 4) is 0 Å². The predicted octanol–water partition coefficient (Wildman–Crippen LogP) is -1.22. The molecule has 0 spiro atoms. The second kappa shape index (κ2) is 5.50. The predicted molar refractivity (Wildman–Crippen MR) is 67.9 cm³/mol. The summed E-state index contributed by atoms with van der Waals surface area (Å²) in [6, 6.07) is 0. The van der Waals surface area contributed by atoms with Crippen molar-refractivity contribution in [2.45, 2.75) is 17.9 Å². The number of carbonyl (C=O) groups is 1. The van der Waals surface area contributed by atoms with E-state index in [1.807, 2.05) is 0 Å². The number of primary amides is 1. The summed E-state index contributed by atoms with van der Waals surface area (Å²) in [5.74, 6) is -1.12. The molecule has 1 heterocycles. The molecule has 0 aliphatic heterocycles. The van der Waals surface area contributed by atoms with Crippen molar-refractivity contribution in [2.75, 3.05) is 23.3 Å². The Morgan fingerprint density at radius 1 is 1.61 bits per heavy atom. The van der Waals surface area contributed by atoms with Crippen LogP contribution >= 0.6 is 11.5 Å². The van der Waals surface area contributed by atoms with E-state index in [-0.39, 0.29) is 28.0 Å².